The molecule has 0 saturated heterocycles. The highest BCUT2D eigenvalue weighted by molar-refractivity contribution is 6.36. The number of halogens is 2. The Morgan fingerprint density at radius 3 is 2.42 bits per heavy atom. The molecule has 0 aliphatic rings. The lowest BCUT2D eigenvalue weighted by Gasteiger charge is -2.25. The SMILES string of the molecule is CC(C)CN(Cc1cccc(OCc2ccccc2)c1)C(=O)Nc1ccc(Cl)cc1Cl. The van der Waals surface area contributed by atoms with E-state index in [-0.39, 0.29) is 6.03 Å². The smallest absolute Gasteiger partial charge is 0.322 e. The summed E-state index contributed by atoms with van der Waals surface area (Å²) >= 11 is 12.2. The normalized spacial score (nSPS) is 10.7. The van der Waals surface area contributed by atoms with Crippen molar-refractivity contribution >= 4 is 34.9 Å². The maximum atomic E-state index is 13.0. The summed E-state index contributed by atoms with van der Waals surface area (Å²) in [7, 11) is 0. The number of hydrogen-bond donors (Lipinski definition) is 1. The monoisotopic (exact) mass is 456 g/mol. The molecule has 0 unspecified atom stereocenters. The Morgan fingerprint density at radius 2 is 1.71 bits per heavy atom. The Hall–Kier alpha value is -2.69. The quantitative estimate of drug-likeness (QED) is 0.387. The first-order chi connectivity index (χ1) is 14.9. The number of carbonyl (C=O) groups excluding carboxylic acids is 1. The minimum atomic E-state index is -0.214. The molecule has 0 aliphatic heterocycles. The molecule has 3 aromatic rings. The van der Waals surface area contributed by atoms with Crippen molar-refractivity contribution in [2.24, 2.45) is 5.92 Å². The van der Waals surface area contributed by atoms with Crippen LogP contribution in [0.15, 0.2) is 72.8 Å². The number of benzene rings is 3. The highest BCUT2D eigenvalue weighted by Gasteiger charge is 2.17. The summed E-state index contributed by atoms with van der Waals surface area (Å²) in [4.78, 5) is 14.7. The second-order valence-corrected chi connectivity index (χ2v) is 8.59. The fourth-order valence-corrected chi connectivity index (χ4v) is 3.60. The third-order valence-electron chi connectivity index (χ3n) is 4.57. The van der Waals surface area contributed by atoms with Gasteiger partial charge in [0.25, 0.3) is 0 Å². The maximum absolute atomic E-state index is 13.0. The summed E-state index contributed by atoms with van der Waals surface area (Å²) in [5.74, 6) is 1.08. The van der Waals surface area contributed by atoms with Crippen molar-refractivity contribution in [1.29, 1.82) is 0 Å². The highest BCUT2D eigenvalue weighted by Crippen LogP contribution is 2.26. The van der Waals surface area contributed by atoms with Gasteiger partial charge in [-0.1, -0.05) is 79.5 Å². The third-order valence-corrected chi connectivity index (χ3v) is 5.11. The first kappa shape index (κ1) is 23.0. The van der Waals surface area contributed by atoms with Crippen molar-refractivity contribution in [3.05, 3.63) is 94.0 Å². The number of rotatable bonds is 8. The molecule has 0 saturated carbocycles. The zero-order valence-corrected chi connectivity index (χ0v) is 19.2. The molecule has 3 aromatic carbocycles. The molecule has 0 spiro atoms. The van der Waals surface area contributed by atoms with Crippen molar-refractivity contribution < 1.29 is 9.53 Å². The maximum Gasteiger partial charge on any atom is 0.322 e. The molecule has 31 heavy (non-hydrogen) atoms. The second-order valence-electron chi connectivity index (χ2n) is 7.75. The Labute approximate surface area is 193 Å². The lowest BCUT2D eigenvalue weighted by atomic mass is 10.1. The number of carbonyl (C=O) groups is 1. The molecule has 2 amide bonds. The zero-order valence-electron chi connectivity index (χ0n) is 17.6. The number of amides is 2. The number of hydrogen-bond acceptors (Lipinski definition) is 2. The molecule has 0 heterocycles. The average molecular weight is 457 g/mol. The van der Waals surface area contributed by atoms with Crippen LogP contribution < -0.4 is 10.1 Å². The zero-order chi connectivity index (χ0) is 22.2. The number of anilines is 1. The van der Waals surface area contributed by atoms with Gasteiger partial charge < -0.3 is 15.0 Å². The van der Waals surface area contributed by atoms with Crippen LogP contribution >= 0.6 is 23.2 Å². The summed E-state index contributed by atoms with van der Waals surface area (Å²) in [5.41, 5.74) is 2.63. The number of urea groups is 1. The van der Waals surface area contributed by atoms with Crippen molar-refractivity contribution in [1.82, 2.24) is 4.90 Å². The average Bonchev–Trinajstić information content (AvgIpc) is 2.74. The van der Waals surface area contributed by atoms with Gasteiger partial charge in [0.2, 0.25) is 0 Å². The van der Waals surface area contributed by atoms with Gasteiger partial charge in [0.05, 0.1) is 10.7 Å². The van der Waals surface area contributed by atoms with Gasteiger partial charge >= 0.3 is 6.03 Å². The summed E-state index contributed by atoms with van der Waals surface area (Å²) < 4.78 is 5.93. The summed E-state index contributed by atoms with van der Waals surface area (Å²) in [5, 5.41) is 3.82. The number of nitrogens with one attached hydrogen (secondary N) is 1. The molecule has 4 nitrogen and oxygen atoms in total. The van der Waals surface area contributed by atoms with Crippen LogP contribution in [0.2, 0.25) is 10.0 Å². The van der Waals surface area contributed by atoms with Gasteiger partial charge in [-0.3, -0.25) is 0 Å². The van der Waals surface area contributed by atoms with Crippen molar-refractivity contribution in [2.45, 2.75) is 27.0 Å². The molecule has 3 rings (SSSR count). The highest BCUT2D eigenvalue weighted by atomic mass is 35.5. The molecular formula is C25H26Cl2N2O2. The predicted octanol–water partition coefficient (Wildman–Crippen LogP) is 7.26. The van der Waals surface area contributed by atoms with Crippen LogP contribution in [0.4, 0.5) is 10.5 Å². The van der Waals surface area contributed by atoms with Crippen molar-refractivity contribution in [2.75, 3.05) is 11.9 Å². The molecule has 0 bridgehead atoms. The Kier molecular flexibility index (Phi) is 8.21. The molecule has 6 heteroatoms. The van der Waals surface area contributed by atoms with E-state index < -0.39 is 0 Å². The van der Waals surface area contributed by atoms with E-state index >= 15 is 0 Å². The van der Waals surface area contributed by atoms with E-state index in [1.54, 1.807) is 23.1 Å². The molecule has 0 aliphatic carbocycles. The van der Waals surface area contributed by atoms with E-state index in [9.17, 15) is 4.79 Å². The van der Waals surface area contributed by atoms with Crippen LogP contribution in [0, 0.1) is 5.92 Å². The van der Waals surface area contributed by atoms with Crippen LogP contribution in [-0.4, -0.2) is 17.5 Å². The molecular weight excluding hydrogens is 431 g/mol. The van der Waals surface area contributed by atoms with E-state index in [1.807, 2.05) is 54.6 Å². The van der Waals surface area contributed by atoms with Crippen LogP contribution in [-0.2, 0) is 13.2 Å². The van der Waals surface area contributed by atoms with Gasteiger partial charge in [-0.15, -0.1) is 0 Å². The summed E-state index contributed by atoms with van der Waals surface area (Å²) in [6.07, 6.45) is 0. The summed E-state index contributed by atoms with van der Waals surface area (Å²) in [6, 6.07) is 22.6. The molecule has 162 valence electrons. The minimum Gasteiger partial charge on any atom is -0.489 e. The molecule has 0 radical (unpaired) electrons. The Bertz CT molecular complexity index is 1010. The van der Waals surface area contributed by atoms with E-state index in [1.165, 1.54) is 0 Å². The van der Waals surface area contributed by atoms with Crippen LogP contribution in [0.25, 0.3) is 0 Å². The van der Waals surface area contributed by atoms with E-state index in [0.29, 0.717) is 41.3 Å². The molecule has 0 atom stereocenters. The molecule has 1 N–H and O–H groups in total. The van der Waals surface area contributed by atoms with Crippen molar-refractivity contribution in [3.63, 3.8) is 0 Å². The first-order valence-corrected chi connectivity index (χ1v) is 10.9. The van der Waals surface area contributed by atoms with E-state index in [2.05, 4.69) is 19.2 Å². The van der Waals surface area contributed by atoms with Crippen molar-refractivity contribution in [3.8, 4) is 5.75 Å². The van der Waals surface area contributed by atoms with Gasteiger partial charge in [0, 0.05) is 18.1 Å². The number of ether oxygens (including phenoxy) is 1. The third kappa shape index (κ3) is 7.20. The topological polar surface area (TPSA) is 41.6 Å². The van der Waals surface area contributed by atoms with Gasteiger partial charge in [-0.05, 0) is 47.4 Å². The van der Waals surface area contributed by atoms with Gasteiger partial charge in [0.1, 0.15) is 12.4 Å². The van der Waals surface area contributed by atoms with Gasteiger partial charge in [-0.25, -0.2) is 4.79 Å². The van der Waals surface area contributed by atoms with E-state index in [4.69, 9.17) is 27.9 Å². The lowest BCUT2D eigenvalue weighted by molar-refractivity contribution is 0.201. The lowest BCUT2D eigenvalue weighted by Crippen LogP contribution is -2.37. The first-order valence-electron chi connectivity index (χ1n) is 10.2. The van der Waals surface area contributed by atoms with Crippen LogP contribution in [0.1, 0.15) is 25.0 Å². The van der Waals surface area contributed by atoms with Crippen LogP contribution in [0.5, 0.6) is 5.75 Å². The second kappa shape index (κ2) is 11.1. The standard InChI is InChI=1S/C25H26Cl2N2O2/c1-18(2)15-29(25(30)28-24-12-11-21(26)14-23(24)27)16-20-9-6-10-22(13-20)31-17-19-7-4-3-5-8-19/h3-14,18H,15-17H2,1-2H3,(H,28,30). The minimum absolute atomic E-state index is 0.214. The fraction of sp³-hybridized carbons (Fsp3) is 0.240. The predicted molar refractivity (Wildman–Crippen MR) is 128 cm³/mol. The Balaban J connectivity index is 1.69. The van der Waals surface area contributed by atoms with Gasteiger partial charge in [0.15, 0.2) is 0 Å². The Morgan fingerprint density at radius 1 is 0.968 bits per heavy atom. The van der Waals surface area contributed by atoms with E-state index in [0.717, 1.165) is 16.9 Å². The van der Waals surface area contributed by atoms with Crippen LogP contribution in [0.3, 0.4) is 0 Å². The van der Waals surface area contributed by atoms with Gasteiger partial charge in [-0.2, -0.15) is 0 Å². The largest absolute Gasteiger partial charge is 0.489 e. The fourth-order valence-electron chi connectivity index (χ4n) is 3.14. The molecule has 0 fully saturated rings. The molecule has 0 aromatic heterocycles. The summed E-state index contributed by atoms with van der Waals surface area (Å²) in [6.45, 7) is 5.71. The number of nitrogens with zero attached hydrogens (tertiary/aromatic N) is 1.